The molecule has 82 valence electrons. The van der Waals surface area contributed by atoms with Crippen LogP contribution in [0, 0.1) is 0 Å². The molecule has 0 aromatic carbocycles. The Labute approximate surface area is 101 Å². The molecule has 0 amide bonds. The number of hydrogen-bond donors (Lipinski definition) is 1. The molecule has 3 nitrogen and oxygen atoms in total. The predicted octanol–water partition coefficient (Wildman–Crippen LogP) is 0.149. The van der Waals surface area contributed by atoms with Gasteiger partial charge in [-0.25, -0.2) is 4.98 Å². The molecule has 0 spiro atoms. The van der Waals surface area contributed by atoms with E-state index in [0.717, 1.165) is 36.7 Å². The van der Waals surface area contributed by atoms with Gasteiger partial charge in [-0.05, 0) is 6.42 Å². The topological polar surface area (TPSA) is 28.2 Å². The monoisotopic (exact) mass is 231 g/mol. The molecule has 2 aliphatic rings. The van der Waals surface area contributed by atoms with Crippen LogP contribution >= 0.6 is 11.8 Å². The lowest BCUT2D eigenvalue weighted by Crippen LogP contribution is -2.51. The molecule has 2 aliphatic heterocycles. The van der Waals surface area contributed by atoms with Crippen LogP contribution in [-0.4, -0.2) is 44.3 Å². The Hall–Kier alpha value is -0.675. The van der Waals surface area contributed by atoms with Gasteiger partial charge in [0.2, 0.25) is 0 Å². The zero-order chi connectivity index (χ0) is 11.0. The molecule has 1 atom stereocenters. The summed E-state index contributed by atoms with van der Waals surface area (Å²) in [7, 11) is 5.79. The second-order valence-electron chi connectivity index (χ2n) is 4.28. The lowest BCUT2D eigenvalue weighted by atomic mass is 9.99. The smallest absolute Gasteiger partial charge is 0.142 e. The molecule has 3 rings (SSSR count). The number of rotatable bonds is 0. The van der Waals surface area contributed by atoms with E-state index in [2.05, 4.69) is 21.3 Å². The molecule has 1 unspecified atom stereocenters. The average Bonchev–Trinajstić information content (AvgIpc) is 2.47. The molecule has 3 heterocycles. The number of hydrogen-bond acceptors (Lipinski definition) is 4. The van der Waals surface area contributed by atoms with E-state index in [9.17, 15) is 0 Å². The summed E-state index contributed by atoms with van der Waals surface area (Å²) in [5.74, 6) is 2.28. The summed E-state index contributed by atoms with van der Waals surface area (Å²) in [6.45, 7) is 3.17. The lowest BCUT2D eigenvalue weighted by Gasteiger charge is -2.36. The Morgan fingerprint density at radius 1 is 1.56 bits per heavy atom. The lowest BCUT2D eigenvalue weighted by molar-refractivity contribution is 0.465. The summed E-state index contributed by atoms with van der Waals surface area (Å²) in [5.41, 5.74) is 0.764. The van der Waals surface area contributed by atoms with E-state index in [-0.39, 0.29) is 0 Å². The van der Waals surface area contributed by atoms with Crippen LogP contribution in [-0.2, 0) is 0 Å². The molecule has 1 aromatic rings. The molecule has 2 radical (unpaired) electrons. The molecule has 1 fully saturated rings. The first kappa shape index (κ1) is 10.5. The molecule has 5 heteroatoms. The van der Waals surface area contributed by atoms with E-state index in [0.29, 0.717) is 6.04 Å². The van der Waals surface area contributed by atoms with Gasteiger partial charge in [-0.2, -0.15) is 0 Å². The van der Waals surface area contributed by atoms with Crippen LogP contribution in [0.5, 0.6) is 0 Å². The minimum absolute atomic E-state index is 0.596. The van der Waals surface area contributed by atoms with Crippen molar-refractivity contribution in [3.05, 3.63) is 12.3 Å². The zero-order valence-electron chi connectivity index (χ0n) is 9.15. The highest BCUT2D eigenvalue weighted by Crippen LogP contribution is 2.33. The van der Waals surface area contributed by atoms with Crippen molar-refractivity contribution in [3.63, 3.8) is 0 Å². The number of nitrogens with one attached hydrogen (secondary N) is 1. The molecule has 1 saturated heterocycles. The summed E-state index contributed by atoms with van der Waals surface area (Å²) < 4.78 is 0. The third-order valence-corrected chi connectivity index (χ3v) is 4.24. The van der Waals surface area contributed by atoms with Crippen molar-refractivity contribution in [2.24, 2.45) is 0 Å². The molecule has 16 heavy (non-hydrogen) atoms. The van der Waals surface area contributed by atoms with Crippen molar-refractivity contribution < 1.29 is 0 Å². The first-order valence-corrected chi connectivity index (χ1v) is 6.69. The number of pyridine rings is 1. The van der Waals surface area contributed by atoms with Crippen molar-refractivity contribution >= 4 is 30.9 Å². The number of anilines is 1. The van der Waals surface area contributed by atoms with Gasteiger partial charge < -0.3 is 10.2 Å². The number of aromatic nitrogens is 1. The highest BCUT2D eigenvalue weighted by molar-refractivity contribution is 7.99. The minimum Gasteiger partial charge on any atom is -0.350 e. The van der Waals surface area contributed by atoms with Crippen LogP contribution in [0.15, 0.2) is 17.2 Å². The van der Waals surface area contributed by atoms with Gasteiger partial charge in [0, 0.05) is 42.5 Å². The van der Waals surface area contributed by atoms with Gasteiger partial charge in [-0.1, -0.05) is 11.5 Å². The second-order valence-corrected chi connectivity index (χ2v) is 5.42. The van der Waals surface area contributed by atoms with E-state index in [1.54, 1.807) is 6.20 Å². The SMILES string of the molecule is [B]c1cnc2c(c1)SCCC1CNCCN21. The van der Waals surface area contributed by atoms with E-state index in [1.807, 2.05) is 11.8 Å². The summed E-state index contributed by atoms with van der Waals surface area (Å²) in [6, 6.07) is 2.65. The Bertz CT molecular complexity index is 399. The fourth-order valence-corrected chi connectivity index (χ4v) is 3.51. The van der Waals surface area contributed by atoms with Gasteiger partial charge >= 0.3 is 0 Å². The Balaban J connectivity index is 2.00. The van der Waals surface area contributed by atoms with Gasteiger partial charge in [0.25, 0.3) is 0 Å². The first-order chi connectivity index (χ1) is 7.84. The maximum absolute atomic E-state index is 5.79. The first-order valence-electron chi connectivity index (χ1n) is 5.70. The van der Waals surface area contributed by atoms with Gasteiger partial charge in [0.15, 0.2) is 0 Å². The molecule has 1 aromatic heterocycles. The summed E-state index contributed by atoms with van der Waals surface area (Å²) >= 11 is 1.88. The maximum atomic E-state index is 5.79. The van der Waals surface area contributed by atoms with Crippen molar-refractivity contribution in [1.82, 2.24) is 10.3 Å². The zero-order valence-corrected chi connectivity index (χ0v) is 9.96. The number of nitrogens with zero attached hydrogens (tertiary/aromatic N) is 2. The van der Waals surface area contributed by atoms with Crippen LogP contribution in [0.4, 0.5) is 5.82 Å². The average molecular weight is 231 g/mol. The number of fused-ring (bicyclic) bond motifs is 3. The van der Waals surface area contributed by atoms with E-state index >= 15 is 0 Å². The summed E-state index contributed by atoms with van der Waals surface area (Å²) in [5, 5.41) is 3.45. The Morgan fingerprint density at radius 3 is 3.44 bits per heavy atom. The molecule has 0 bridgehead atoms. The van der Waals surface area contributed by atoms with E-state index in [1.165, 1.54) is 11.3 Å². The van der Waals surface area contributed by atoms with Crippen LogP contribution in [0.25, 0.3) is 0 Å². The largest absolute Gasteiger partial charge is 0.350 e. The van der Waals surface area contributed by atoms with Crippen molar-refractivity contribution in [3.8, 4) is 0 Å². The third-order valence-electron chi connectivity index (χ3n) is 3.18. The molecule has 0 aliphatic carbocycles. The molecular weight excluding hydrogens is 217 g/mol. The number of piperazine rings is 1. The molecule has 1 N–H and O–H groups in total. The van der Waals surface area contributed by atoms with Crippen LogP contribution in [0.2, 0.25) is 0 Å². The maximum Gasteiger partial charge on any atom is 0.142 e. The second kappa shape index (κ2) is 4.30. The minimum atomic E-state index is 0.596. The molecular formula is C11H14BN3S. The van der Waals surface area contributed by atoms with Crippen LogP contribution in [0.1, 0.15) is 6.42 Å². The van der Waals surface area contributed by atoms with Crippen molar-refractivity contribution in [1.29, 1.82) is 0 Å². The summed E-state index contributed by atoms with van der Waals surface area (Å²) in [6.07, 6.45) is 2.98. The number of thioether (sulfide) groups is 1. The summed E-state index contributed by atoms with van der Waals surface area (Å²) in [4.78, 5) is 8.19. The van der Waals surface area contributed by atoms with Crippen molar-refractivity contribution in [2.45, 2.75) is 17.4 Å². The molecule has 0 saturated carbocycles. The predicted molar refractivity (Wildman–Crippen MR) is 69.0 cm³/mol. The normalized spacial score (nSPS) is 24.5. The highest BCUT2D eigenvalue weighted by Gasteiger charge is 2.27. The standard InChI is InChI=1S/C11H14BN3S/c12-8-5-10-11(14-6-8)15-3-2-13-7-9(15)1-4-16-10/h5-6,9,13H,1-4,7H2. The van der Waals surface area contributed by atoms with E-state index < -0.39 is 0 Å². The van der Waals surface area contributed by atoms with Gasteiger partial charge in [0.05, 0.1) is 0 Å². The van der Waals surface area contributed by atoms with Crippen molar-refractivity contribution in [2.75, 3.05) is 30.3 Å². The van der Waals surface area contributed by atoms with E-state index in [4.69, 9.17) is 7.85 Å². The van der Waals surface area contributed by atoms with Gasteiger partial charge in [0.1, 0.15) is 13.7 Å². The van der Waals surface area contributed by atoms with Gasteiger partial charge in [-0.3, -0.25) is 0 Å². The Morgan fingerprint density at radius 2 is 2.50 bits per heavy atom. The van der Waals surface area contributed by atoms with Crippen LogP contribution in [0.3, 0.4) is 0 Å². The fourth-order valence-electron chi connectivity index (χ4n) is 2.38. The third kappa shape index (κ3) is 1.82. The quantitative estimate of drug-likeness (QED) is 0.643. The fraction of sp³-hybridized carbons (Fsp3) is 0.545. The van der Waals surface area contributed by atoms with Crippen LogP contribution < -0.4 is 15.7 Å². The highest BCUT2D eigenvalue weighted by atomic mass is 32.2. The van der Waals surface area contributed by atoms with Gasteiger partial charge in [-0.15, -0.1) is 11.8 Å². The Kier molecular flexibility index (Phi) is 2.81.